The second-order valence-corrected chi connectivity index (χ2v) is 3.79. The molecule has 1 rings (SSSR count). The second-order valence-electron chi connectivity index (χ2n) is 2.76. The Labute approximate surface area is 99.2 Å². The lowest BCUT2D eigenvalue weighted by molar-refractivity contribution is -0.130. The number of halogens is 1. The summed E-state index contributed by atoms with van der Waals surface area (Å²) in [6, 6.07) is 3.91. The van der Waals surface area contributed by atoms with Gasteiger partial charge >= 0.3 is 0 Å². The fourth-order valence-corrected chi connectivity index (χ4v) is 1.66. The summed E-state index contributed by atoms with van der Waals surface area (Å²) in [5.41, 5.74) is 5.35. The third-order valence-electron chi connectivity index (χ3n) is 1.81. The molecule has 1 atom stereocenters. The van der Waals surface area contributed by atoms with E-state index >= 15 is 0 Å². The number of rotatable bonds is 5. The maximum absolute atomic E-state index is 11.4. The van der Waals surface area contributed by atoms with Crippen LogP contribution in [-0.2, 0) is 16.1 Å². The Morgan fingerprint density at radius 2 is 2.47 bits per heavy atom. The number of amides is 1. The maximum Gasteiger partial charge on any atom is 0.250 e. The number of nitrogens with one attached hydrogen (secondary N) is 1. The normalized spacial score (nSPS) is 11.6. The summed E-state index contributed by atoms with van der Waals surface area (Å²) >= 11 is 1.61. The minimum Gasteiger partial charge on any atom is -0.370 e. The Hall–Kier alpha value is -0.620. The number of nitrogens with two attached hydrogens (primary N) is 1. The van der Waals surface area contributed by atoms with Crippen molar-refractivity contribution in [2.24, 2.45) is 5.73 Å². The molecule has 0 aliphatic heterocycles. The molecule has 0 bridgehead atoms. The van der Waals surface area contributed by atoms with Crippen LogP contribution in [0.15, 0.2) is 17.5 Å². The van der Waals surface area contributed by atoms with Gasteiger partial charge in [0, 0.05) is 18.5 Å². The Kier molecular flexibility index (Phi) is 7.33. The first-order valence-corrected chi connectivity index (χ1v) is 5.19. The molecule has 0 radical (unpaired) electrons. The van der Waals surface area contributed by atoms with Crippen molar-refractivity contribution in [2.75, 3.05) is 13.7 Å². The Bertz CT molecular complexity index is 276. The summed E-state index contributed by atoms with van der Waals surface area (Å²) < 4.78 is 4.90. The zero-order chi connectivity index (χ0) is 10.4. The molecule has 0 saturated heterocycles. The molecule has 1 unspecified atom stereocenters. The molecule has 86 valence electrons. The van der Waals surface area contributed by atoms with Gasteiger partial charge in [0.05, 0.1) is 6.54 Å². The van der Waals surface area contributed by atoms with Crippen molar-refractivity contribution in [2.45, 2.75) is 12.6 Å². The molecule has 4 nitrogen and oxygen atoms in total. The lowest BCUT2D eigenvalue weighted by atomic mass is 10.3. The van der Waals surface area contributed by atoms with Gasteiger partial charge in [0.1, 0.15) is 6.10 Å². The van der Waals surface area contributed by atoms with Gasteiger partial charge in [-0.15, -0.1) is 23.7 Å². The number of hydrogen-bond acceptors (Lipinski definition) is 4. The van der Waals surface area contributed by atoms with Crippen LogP contribution in [0.4, 0.5) is 0 Å². The van der Waals surface area contributed by atoms with Crippen molar-refractivity contribution in [1.29, 1.82) is 0 Å². The molecule has 1 heterocycles. The largest absolute Gasteiger partial charge is 0.370 e. The Balaban J connectivity index is 0.00000196. The predicted molar refractivity (Wildman–Crippen MR) is 63.3 cm³/mol. The van der Waals surface area contributed by atoms with Crippen molar-refractivity contribution in [3.8, 4) is 0 Å². The van der Waals surface area contributed by atoms with Gasteiger partial charge in [-0.25, -0.2) is 0 Å². The van der Waals surface area contributed by atoms with E-state index in [2.05, 4.69) is 5.32 Å². The van der Waals surface area contributed by atoms with Crippen molar-refractivity contribution in [1.82, 2.24) is 5.32 Å². The highest BCUT2D eigenvalue weighted by molar-refractivity contribution is 7.09. The van der Waals surface area contributed by atoms with E-state index in [9.17, 15) is 4.79 Å². The number of thiophene rings is 1. The molecule has 1 aromatic rings. The predicted octanol–water partition coefficient (Wildman–Crippen LogP) is 0.760. The molecule has 1 amide bonds. The maximum atomic E-state index is 11.4. The zero-order valence-corrected chi connectivity index (χ0v) is 10.1. The van der Waals surface area contributed by atoms with E-state index in [1.54, 1.807) is 11.3 Å². The van der Waals surface area contributed by atoms with Crippen LogP contribution < -0.4 is 11.1 Å². The number of carbonyl (C=O) groups is 1. The summed E-state index contributed by atoms with van der Waals surface area (Å²) in [6.07, 6.45) is -0.546. The van der Waals surface area contributed by atoms with E-state index in [0.29, 0.717) is 6.54 Å². The van der Waals surface area contributed by atoms with Crippen molar-refractivity contribution in [3.05, 3.63) is 22.4 Å². The van der Waals surface area contributed by atoms with Crippen LogP contribution >= 0.6 is 23.7 Å². The molecular formula is C9H15ClN2O2S. The standard InChI is InChI=1S/C9H14N2O2S.ClH/c1-13-8(5-10)9(12)11-6-7-3-2-4-14-7;/h2-4,8H,5-6,10H2,1H3,(H,11,12);1H. The fraction of sp³-hybridized carbons (Fsp3) is 0.444. The summed E-state index contributed by atoms with van der Waals surface area (Å²) in [5.74, 6) is -0.164. The van der Waals surface area contributed by atoms with Gasteiger partial charge in [-0.2, -0.15) is 0 Å². The molecule has 0 spiro atoms. The smallest absolute Gasteiger partial charge is 0.250 e. The summed E-state index contributed by atoms with van der Waals surface area (Å²) in [6.45, 7) is 0.739. The van der Waals surface area contributed by atoms with Crippen LogP contribution in [0.1, 0.15) is 4.88 Å². The second kappa shape index (κ2) is 7.64. The molecule has 3 N–H and O–H groups in total. The van der Waals surface area contributed by atoms with Crippen LogP contribution in [0.3, 0.4) is 0 Å². The first kappa shape index (κ1) is 14.4. The van der Waals surface area contributed by atoms with E-state index < -0.39 is 6.10 Å². The Morgan fingerprint density at radius 1 is 1.73 bits per heavy atom. The number of ether oxygens (including phenoxy) is 1. The van der Waals surface area contributed by atoms with Crippen LogP contribution in [0.25, 0.3) is 0 Å². The number of methoxy groups -OCH3 is 1. The van der Waals surface area contributed by atoms with E-state index in [0.717, 1.165) is 4.88 Å². The monoisotopic (exact) mass is 250 g/mol. The number of carbonyl (C=O) groups excluding carboxylic acids is 1. The lowest BCUT2D eigenvalue weighted by Crippen LogP contribution is -2.40. The van der Waals surface area contributed by atoms with Crippen LogP contribution in [0.2, 0.25) is 0 Å². The fourth-order valence-electron chi connectivity index (χ4n) is 1.01. The van der Waals surface area contributed by atoms with Gasteiger partial charge in [-0.05, 0) is 11.4 Å². The van der Waals surface area contributed by atoms with Crippen molar-refractivity contribution < 1.29 is 9.53 Å². The van der Waals surface area contributed by atoms with Crippen molar-refractivity contribution in [3.63, 3.8) is 0 Å². The average molecular weight is 251 g/mol. The minimum atomic E-state index is -0.546. The third-order valence-corrected chi connectivity index (χ3v) is 2.68. The average Bonchev–Trinajstić information content (AvgIpc) is 2.69. The summed E-state index contributed by atoms with van der Waals surface area (Å²) in [5, 5.41) is 4.72. The van der Waals surface area contributed by atoms with E-state index in [1.807, 2.05) is 17.5 Å². The van der Waals surface area contributed by atoms with Crippen molar-refractivity contribution >= 4 is 29.7 Å². The van der Waals surface area contributed by atoms with Gasteiger partial charge in [0.15, 0.2) is 0 Å². The first-order chi connectivity index (χ1) is 6.77. The molecule has 6 heteroatoms. The molecule has 0 fully saturated rings. The van der Waals surface area contributed by atoms with Crippen LogP contribution in [0.5, 0.6) is 0 Å². The molecule has 0 aromatic carbocycles. The van der Waals surface area contributed by atoms with E-state index in [-0.39, 0.29) is 24.9 Å². The van der Waals surface area contributed by atoms with Crippen LogP contribution in [0, 0.1) is 0 Å². The summed E-state index contributed by atoms with van der Waals surface area (Å²) in [7, 11) is 1.47. The van der Waals surface area contributed by atoms with E-state index in [1.165, 1.54) is 7.11 Å². The van der Waals surface area contributed by atoms with Gasteiger partial charge in [-0.1, -0.05) is 6.07 Å². The third kappa shape index (κ3) is 4.61. The van der Waals surface area contributed by atoms with E-state index in [4.69, 9.17) is 10.5 Å². The lowest BCUT2D eigenvalue weighted by Gasteiger charge is -2.12. The van der Waals surface area contributed by atoms with Crippen LogP contribution in [-0.4, -0.2) is 25.7 Å². The van der Waals surface area contributed by atoms with Gasteiger partial charge in [0.25, 0.3) is 5.91 Å². The highest BCUT2D eigenvalue weighted by atomic mass is 35.5. The SMILES string of the molecule is COC(CN)C(=O)NCc1cccs1.Cl. The Morgan fingerprint density at radius 3 is 2.93 bits per heavy atom. The number of hydrogen-bond donors (Lipinski definition) is 2. The molecule has 0 aliphatic carbocycles. The minimum absolute atomic E-state index is 0. The molecule has 15 heavy (non-hydrogen) atoms. The molecule has 1 aromatic heterocycles. The topological polar surface area (TPSA) is 64.3 Å². The molecule has 0 saturated carbocycles. The highest BCUT2D eigenvalue weighted by Crippen LogP contribution is 2.07. The molecule has 0 aliphatic rings. The molecular weight excluding hydrogens is 236 g/mol. The quantitative estimate of drug-likeness (QED) is 0.811. The van der Waals surface area contributed by atoms with Gasteiger partial charge < -0.3 is 15.8 Å². The van der Waals surface area contributed by atoms with Gasteiger partial charge in [-0.3, -0.25) is 4.79 Å². The highest BCUT2D eigenvalue weighted by Gasteiger charge is 2.14. The zero-order valence-electron chi connectivity index (χ0n) is 8.43. The van der Waals surface area contributed by atoms with Gasteiger partial charge in [0.2, 0.25) is 0 Å². The first-order valence-electron chi connectivity index (χ1n) is 4.31. The summed E-state index contributed by atoms with van der Waals surface area (Å²) in [4.78, 5) is 12.5.